The second kappa shape index (κ2) is 13.7. The van der Waals surface area contributed by atoms with E-state index in [1.807, 2.05) is 0 Å². The molecule has 25 heteroatoms. The van der Waals surface area contributed by atoms with Crippen LogP contribution in [0.25, 0.3) is 70.5 Å². The Morgan fingerprint density at radius 2 is 0.561 bits per heavy atom. The van der Waals surface area contributed by atoms with E-state index in [4.69, 9.17) is 9.31 Å². The molecule has 66 heavy (non-hydrogen) atoms. The molecule has 0 fully saturated rings. The van der Waals surface area contributed by atoms with E-state index < -0.39 is 228 Å². The van der Waals surface area contributed by atoms with Crippen molar-refractivity contribution in [3.8, 4) is 11.5 Å². The highest BCUT2D eigenvalue weighted by atomic mass is 19.2. The van der Waals surface area contributed by atoms with Gasteiger partial charge in [-0.25, -0.2) is 87.8 Å². The van der Waals surface area contributed by atoms with Crippen LogP contribution in [-0.2, 0) is 0 Å². The summed E-state index contributed by atoms with van der Waals surface area (Å²) in [5, 5.41) is -24.4. The lowest BCUT2D eigenvalue weighted by Crippen LogP contribution is -2.38. The van der Waals surface area contributed by atoms with Gasteiger partial charge in [0.2, 0.25) is 0 Å². The van der Waals surface area contributed by atoms with Gasteiger partial charge in [-0.05, 0) is 11.6 Å². The number of hydrogen-bond acceptors (Lipinski definition) is 2. The molecule has 336 valence electrons. The van der Waals surface area contributed by atoms with E-state index in [2.05, 4.69) is 0 Å². The van der Waals surface area contributed by atoms with Gasteiger partial charge in [-0.3, -0.25) is 0 Å². The molecule has 0 bridgehead atoms. The van der Waals surface area contributed by atoms with Gasteiger partial charge in [0.15, 0.2) is 134 Å². The van der Waals surface area contributed by atoms with Crippen LogP contribution >= 0.6 is 0 Å². The normalized spacial score (nSPS) is 14.3. The molecule has 9 aromatic carbocycles. The summed E-state index contributed by atoms with van der Waals surface area (Å²) in [6, 6.07) is 0.323. The molecule has 1 aliphatic rings. The maximum absolute atomic E-state index is 16.3. The van der Waals surface area contributed by atoms with Crippen LogP contribution in [0, 0.1) is 116 Å². The van der Waals surface area contributed by atoms with Crippen LogP contribution in [0.2, 0.25) is 0 Å². The molecule has 0 radical (unpaired) electrons. The lowest BCUT2D eigenvalue weighted by molar-refractivity contribution is 0.366. The molecule has 9 aromatic rings. The minimum Gasteiger partial charge on any atom is -0.522 e. The van der Waals surface area contributed by atoms with Crippen molar-refractivity contribution in [1.29, 1.82) is 0 Å². The highest BCUT2D eigenvalue weighted by Gasteiger charge is 2.51. The first-order valence-electron chi connectivity index (χ1n) is 17.6. The Bertz CT molecular complexity index is 3560. The van der Waals surface area contributed by atoms with Crippen molar-refractivity contribution in [2.45, 2.75) is 5.82 Å². The maximum atomic E-state index is 16.3. The molecule has 10 rings (SSSR count). The Kier molecular flexibility index (Phi) is 8.91. The first kappa shape index (κ1) is 42.9. The van der Waals surface area contributed by atoms with E-state index in [9.17, 15) is 13.2 Å². The second-order valence-electron chi connectivity index (χ2n) is 14.4. The van der Waals surface area contributed by atoms with E-state index in [-0.39, 0.29) is 12.1 Å². The lowest BCUT2D eigenvalue weighted by Gasteiger charge is -2.26. The molecule has 0 saturated carbocycles. The third-order valence-corrected chi connectivity index (χ3v) is 11.3. The molecular formula is C41H3BF22O2. The number of benzene rings is 9. The lowest BCUT2D eigenvalue weighted by atomic mass is 9.68. The Labute approximate surface area is 346 Å². The monoisotopic (exact) mass is 956 g/mol. The molecule has 0 N–H and O–H groups in total. The minimum absolute atomic E-state index is 0.0835. The average Bonchev–Trinajstić information content (AvgIpc) is 3.53. The van der Waals surface area contributed by atoms with Gasteiger partial charge in [-0.2, -0.15) is 8.78 Å². The first-order valence-corrected chi connectivity index (χ1v) is 17.6. The van der Waals surface area contributed by atoms with Crippen LogP contribution in [0.15, 0.2) is 18.0 Å². The van der Waals surface area contributed by atoms with E-state index in [1.165, 1.54) is 0 Å². The van der Waals surface area contributed by atoms with Crippen molar-refractivity contribution in [2.24, 2.45) is 0 Å². The van der Waals surface area contributed by atoms with Gasteiger partial charge >= 0.3 is 7.12 Å². The molecule has 1 aliphatic carbocycles. The zero-order chi connectivity index (χ0) is 47.9. The fraction of sp³-hybridized carbons (Fsp3) is 0.0244. The van der Waals surface area contributed by atoms with Crippen molar-refractivity contribution >= 4 is 77.6 Å². The zero-order valence-electron chi connectivity index (χ0n) is 30.4. The van der Waals surface area contributed by atoms with Gasteiger partial charge in [-0.15, -0.1) is 0 Å². The summed E-state index contributed by atoms with van der Waals surface area (Å²) in [5.41, 5.74) is -3.10. The second-order valence-corrected chi connectivity index (χ2v) is 14.4. The SMILES string of the molecule is FC1=C(F)C(B(Oc2c(F)c(F)c3c(F)c(F)c4c(F)c(F)c(F)c5c(F)c(F)c2c3c45)Oc2c(F)c(F)c3c(F)c(F)c4c(F)c(F)c(F)c5c(F)c(F)c2c3c45)c2ccc(F)c(F)c21. The summed E-state index contributed by atoms with van der Waals surface area (Å²) < 4.78 is 351. The van der Waals surface area contributed by atoms with Gasteiger partial charge in [0.25, 0.3) is 0 Å². The van der Waals surface area contributed by atoms with Crippen LogP contribution in [0.3, 0.4) is 0 Å². The average molecular weight is 956 g/mol. The molecule has 2 nitrogen and oxygen atoms in total. The molecule has 0 spiro atoms. The number of fused-ring (bicyclic) bond motifs is 1. The molecule has 0 amide bonds. The highest BCUT2D eigenvalue weighted by molar-refractivity contribution is 6.50. The Morgan fingerprint density at radius 3 is 0.894 bits per heavy atom. The predicted octanol–water partition coefficient (Wildman–Crippen LogP) is 14.2. The summed E-state index contributed by atoms with van der Waals surface area (Å²) in [5.74, 6) is -67.1. The van der Waals surface area contributed by atoms with Crippen LogP contribution < -0.4 is 9.31 Å². The number of rotatable bonds is 5. The van der Waals surface area contributed by atoms with Gasteiger partial charge in [0, 0.05) is 21.5 Å². The Balaban J connectivity index is 1.34. The van der Waals surface area contributed by atoms with Crippen LogP contribution in [0.4, 0.5) is 96.6 Å². The van der Waals surface area contributed by atoms with Crippen LogP contribution in [0.1, 0.15) is 16.9 Å². The topological polar surface area (TPSA) is 18.5 Å². The van der Waals surface area contributed by atoms with Crippen molar-refractivity contribution in [3.63, 3.8) is 0 Å². The van der Waals surface area contributed by atoms with E-state index in [0.717, 1.165) is 0 Å². The largest absolute Gasteiger partial charge is 0.610 e. The van der Waals surface area contributed by atoms with E-state index >= 15 is 83.4 Å². The van der Waals surface area contributed by atoms with Crippen molar-refractivity contribution in [3.05, 3.63) is 145 Å². The Hall–Kier alpha value is -7.08. The molecule has 0 aromatic heterocycles. The number of hydrogen-bond donors (Lipinski definition) is 0. The van der Waals surface area contributed by atoms with Crippen LogP contribution in [-0.4, -0.2) is 7.12 Å². The molecular weight excluding hydrogens is 953 g/mol. The van der Waals surface area contributed by atoms with Gasteiger partial charge in [-0.1, -0.05) is 6.07 Å². The molecule has 1 atom stereocenters. The summed E-state index contributed by atoms with van der Waals surface area (Å²) >= 11 is 0. The van der Waals surface area contributed by atoms with Gasteiger partial charge < -0.3 is 9.31 Å². The fourth-order valence-corrected chi connectivity index (χ4v) is 8.51. The molecule has 0 aliphatic heterocycles. The fourth-order valence-electron chi connectivity index (χ4n) is 8.51. The summed E-state index contributed by atoms with van der Waals surface area (Å²) in [4.78, 5) is 0. The number of allylic oxidation sites excluding steroid dienone is 1. The minimum atomic E-state index is -3.72. The van der Waals surface area contributed by atoms with Gasteiger partial charge in [0.05, 0.1) is 48.7 Å². The summed E-state index contributed by atoms with van der Waals surface area (Å²) in [6.07, 6.45) is 0. The maximum Gasteiger partial charge on any atom is 0.610 e. The molecule has 1 unspecified atom stereocenters. The van der Waals surface area contributed by atoms with Crippen molar-refractivity contribution in [1.82, 2.24) is 0 Å². The van der Waals surface area contributed by atoms with Crippen LogP contribution in [0.5, 0.6) is 11.5 Å². The summed E-state index contributed by atoms with van der Waals surface area (Å²) in [7, 11) is -3.72. The van der Waals surface area contributed by atoms with Gasteiger partial charge in [0.1, 0.15) is 11.6 Å². The predicted molar refractivity (Wildman–Crippen MR) is 185 cm³/mol. The standard InChI is InChI=1S/C41H3BF22O2/c43-4-2-1-3-5(19(4)44)20(45)35(60)18(3)42(65-40-16-8-6-10(21(46)23(48)14(8)31(56)38(40)63)27(52)36(61)29(54)12(6)25(50)33(16)58)66-41-17-9-7-11(22(47)24(49)15(9)32(57)39(41)64)28(53)37(62)30(55)13(7)26(51)34(17)59/h1-2,18H. The van der Waals surface area contributed by atoms with Crippen molar-refractivity contribution in [2.75, 3.05) is 0 Å². The first-order chi connectivity index (χ1) is 31.0. The smallest absolute Gasteiger partial charge is 0.522 e. The number of halogens is 22. The zero-order valence-corrected chi connectivity index (χ0v) is 30.4. The van der Waals surface area contributed by atoms with Crippen molar-refractivity contribution < 1.29 is 106 Å². The highest BCUT2D eigenvalue weighted by Crippen LogP contribution is 2.53. The summed E-state index contributed by atoms with van der Waals surface area (Å²) in [6.45, 7) is 0. The van der Waals surface area contributed by atoms with E-state index in [0.29, 0.717) is 0 Å². The Morgan fingerprint density at radius 1 is 0.288 bits per heavy atom. The quantitative estimate of drug-likeness (QED) is 0.0741. The third-order valence-electron chi connectivity index (χ3n) is 11.3. The third kappa shape index (κ3) is 4.94. The molecule has 0 saturated heterocycles. The molecule has 0 heterocycles. The van der Waals surface area contributed by atoms with E-state index in [1.54, 1.807) is 0 Å².